The molecule has 2 N–H and O–H groups in total. The molecule has 1 aromatic rings. The summed E-state index contributed by atoms with van der Waals surface area (Å²) in [6.45, 7) is 9.33. The van der Waals surface area contributed by atoms with E-state index in [9.17, 15) is 24.3 Å². The molecule has 4 fully saturated rings. The van der Waals surface area contributed by atoms with Gasteiger partial charge in [-0.3, -0.25) is 19.2 Å². The topological polar surface area (TPSA) is 125 Å². The van der Waals surface area contributed by atoms with Crippen LogP contribution in [0.2, 0.25) is 0 Å². The maximum atomic E-state index is 14.9. The van der Waals surface area contributed by atoms with Gasteiger partial charge in [0.2, 0.25) is 17.7 Å². The normalized spacial score (nSPS) is 29.6. The highest BCUT2D eigenvalue weighted by atomic mass is 79.9. The van der Waals surface area contributed by atoms with Crippen molar-refractivity contribution < 1.29 is 33.8 Å². The molecular weight excluding hydrogens is 666 g/mol. The summed E-state index contributed by atoms with van der Waals surface area (Å²) < 4.78 is 12.5. The number of ether oxygens (including phenoxy) is 2. The number of likely N-dealkylation sites (tertiary alicyclic amines) is 1. The summed E-state index contributed by atoms with van der Waals surface area (Å²) >= 11 is 3.73. The number of alkyl halides is 1. The number of fused-ring (bicyclic) bond motifs is 1. The zero-order chi connectivity index (χ0) is 33.7. The van der Waals surface area contributed by atoms with Crippen molar-refractivity contribution in [3.05, 3.63) is 61.2 Å². The molecule has 1 unspecified atom stereocenters. The van der Waals surface area contributed by atoms with Gasteiger partial charge in [0.25, 0.3) is 0 Å². The smallest absolute Gasteiger partial charge is 0.312 e. The standard InChI is InChI=1S/C36H48BrN3O7/c1-4-6-17-28(42)38-21-23(3)46-35(45)29-30-33(43)40(26(22-41)19-24-13-9-7-10-14-24)32(36(30)20-27(37)31(29)47-36)34(44)39(18-5-2)25-15-11-8-12-16-25/h4-5,7,9-10,13-14,23,25-27,29-32,41H,1-2,6,8,11-12,15-22H2,3H3,(H,38,42)/t23-,26-,27?,29-,30+,31-,32-,36+/m1/s1. The molecule has 0 radical (unpaired) electrons. The van der Waals surface area contributed by atoms with Crippen LogP contribution >= 0.6 is 15.9 Å². The molecule has 47 heavy (non-hydrogen) atoms. The second kappa shape index (κ2) is 15.5. The fraction of sp³-hybridized carbons (Fsp3) is 0.611. The van der Waals surface area contributed by atoms with Gasteiger partial charge in [0.1, 0.15) is 17.7 Å². The van der Waals surface area contributed by atoms with Crippen molar-refractivity contribution in [1.29, 1.82) is 0 Å². The molecule has 3 aliphatic heterocycles. The molecule has 5 rings (SSSR count). The molecule has 8 atom stereocenters. The highest BCUT2D eigenvalue weighted by molar-refractivity contribution is 9.09. The Morgan fingerprint density at radius 2 is 1.91 bits per heavy atom. The summed E-state index contributed by atoms with van der Waals surface area (Å²) in [4.78, 5) is 58.7. The number of carbonyl (C=O) groups excluding carboxylic acids is 4. The van der Waals surface area contributed by atoms with Gasteiger partial charge in [-0.15, -0.1) is 13.2 Å². The zero-order valence-electron chi connectivity index (χ0n) is 27.2. The molecule has 1 spiro atoms. The molecule has 4 aliphatic rings. The number of carbonyl (C=O) groups is 4. The third-order valence-corrected chi connectivity index (χ3v) is 11.1. The number of aliphatic hydroxyl groups excluding tert-OH is 1. The number of rotatable bonds is 15. The van der Waals surface area contributed by atoms with Crippen LogP contribution in [0.15, 0.2) is 55.6 Å². The molecule has 1 aromatic carbocycles. The molecule has 10 nitrogen and oxygen atoms in total. The van der Waals surface area contributed by atoms with Crippen molar-refractivity contribution in [3.63, 3.8) is 0 Å². The van der Waals surface area contributed by atoms with Crippen LogP contribution in [-0.4, -0.2) is 99.1 Å². The number of halogens is 1. The summed E-state index contributed by atoms with van der Waals surface area (Å²) in [7, 11) is 0. The highest BCUT2D eigenvalue weighted by Gasteiger charge is 2.77. The quantitative estimate of drug-likeness (QED) is 0.161. The van der Waals surface area contributed by atoms with E-state index < -0.39 is 47.7 Å². The first kappa shape index (κ1) is 35.3. The third-order valence-electron chi connectivity index (χ3n) is 10.3. The molecule has 3 heterocycles. The molecule has 1 saturated carbocycles. The summed E-state index contributed by atoms with van der Waals surface area (Å²) in [6.07, 6.45) is 8.46. The van der Waals surface area contributed by atoms with Gasteiger partial charge < -0.3 is 29.7 Å². The SMILES string of the molecule is C=CCCC(=O)NC[C@@H](C)OC(=O)[C@H]1[C@@H]2O[C@@]3(CC2Br)[C@@H]1C(=O)N([C@@H](CO)Cc1ccccc1)[C@@H]3C(=O)N(CC=C)C1CCCCC1. The van der Waals surface area contributed by atoms with Crippen molar-refractivity contribution in [1.82, 2.24) is 15.1 Å². The second-order valence-electron chi connectivity index (χ2n) is 13.4. The average Bonchev–Trinajstić information content (AvgIpc) is 3.67. The Morgan fingerprint density at radius 1 is 1.19 bits per heavy atom. The number of benzene rings is 1. The number of nitrogens with one attached hydrogen (secondary N) is 1. The Bertz CT molecular complexity index is 1320. The van der Waals surface area contributed by atoms with E-state index in [0.29, 0.717) is 25.8 Å². The third kappa shape index (κ3) is 7.08. The van der Waals surface area contributed by atoms with E-state index in [1.807, 2.05) is 35.2 Å². The summed E-state index contributed by atoms with van der Waals surface area (Å²) in [5, 5.41) is 13.5. The minimum Gasteiger partial charge on any atom is -0.460 e. The molecule has 2 bridgehead atoms. The molecule has 3 amide bonds. The van der Waals surface area contributed by atoms with Gasteiger partial charge in [-0.05, 0) is 44.6 Å². The Labute approximate surface area is 286 Å². The first-order valence-corrected chi connectivity index (χ1v) is 17.9. The number of hydrogen-bond donors (Lipinski definition) is 2. The van der Waals surface area contributed by atoms with E-state index >= 15 is 0 Å². The Kier molecular flexibility index (Phi) is 11.6. The van der Waals surface area contributed by atoms with E-state index in [2.05, 4.69) is 34.4 Å². The van der Waals surface area contributed by atoms with Crippen molar-refractivity contribution in [2.24, 2.45) is 11.8 Å². The van der Waals surface area contributed by atoms with E-state index in [1.165, 1.54) is 4.90 Å². The minimum atomic E-state index is -1.28. The number of amides is 3. The van der Waals surface area contributed by atoms with Crippen LogP contribution in [0.3, 0.4) is 0 Å². The van der Waals surface area contributed by atoms with Crippen LogP contribution in [-0.2, 0) is 35.1 Å². The van der Waals surface area contributed by atoms with E-state index in [-0.39, 0.29) is 48.2 Å². The first-order valence-electron chi connectivity index (χ1n) is 16.9. The lowest BCUT2D eigenvalue weighted by Crippen LogP contribution is -2.61. The highest BCUT2D eigenvalue weighted by Crippen LogP contribution is 2.61. The monoisotopic (exact) mass is 713 g/mol. The van der Waals surface area contributed by atoms with Gasteiger partial charge >= 0.3 is 5.97 Å². The largest absolute Gasteiger partial charge is 0.460 e. The first-order chi connectivity index (χ1) is 22.7. The Morgan fingerprint density at radius 3 is 2.57 bits per heavy atom. The van der Waals surface area contributed by atoms with E-state index in [0.717, 1.165) is 37.7 Å². The molecule has 1 aliphatic carbocycles. The van der Waals surface area contributed by atoms with Crippen molar-refractivity contribution in [3.8, 4) is 0 Å². The van der Waals surface area contributed by atoms with Gasteiger partial charge in [0, 0.05) is 23.8 Å². The number of allylic oxidation sites excluding steroid dienone is 1. The van der Waals surface area contributed by atoms with Crippen LogP contribution in [0.4, 0.5) is 0 Å². The Balaban J connectivity index is 1.47. The molecule has 11 heteroatoms. The number of esters is 1. The molecule has 3 saturated heterocycles. The number of nitrogens with zero attached hydrogens (tertiary/aromatic N) is 2. The molecular formula is C36H48BrN3O7. The lowest BCUT2D eigenvalue weighted by molar-refractivity contribution is -0.160. The van der Waals surface area contributed by atoms with Crippen molar-refractivity contribution in [2.75, 3.05) is 19.7 Å². The van der Waals surface area contributed by atoms with Crippen molar-refractivity contribution >= 4 is 39.6 Å². The maximum absolute atomic E-state index is 14.9. The van der Waals surface area contributed by atoms with Crippen molar-refractivity contribution in [2.45, 2.75) is 105 Å². The predicted molar refractivity (Wildman–Crippen MR) is 180 cm³/mol. The second-order valence-corrected chi connectivity index (χ2v) is 14.6. The number of aliphatic hydroxyl groups is 1. The van der Waals surface area contributed by atoms with Gasteiger partial charge in [-0.25, -0.2) is 0 Å². The van der Waals surface area contributed by atoms with Gasteiger partial charge in [-0.2, -0.15) is 0 Å². The fourth-order valence-electron chi connectivity index (χ4n) is 8.15. The van der Waals surface area contributed by atoms with Crippen LogP contribution in [0.5, 0.6) is 0 Å². The lowest BCUT2D eigenvalue weighted by atomic mass is 9.70. The summed E-state index contributed by atoms with van der Waals surface area (Å²) in [5.74, 6) is -3.30. The Hall–Kier alpha value is -3.02. The predicted octanol–water partition coefficient (Wildman–Crippen LogP) is 3.70. The molecule has 0 aromatic heterocycles. The van der Waals surface area contributed by atoms with Crippen LogP contribution in [0, 0.1) is 11.8 Å². The van der Waals surface area contributed by atoms with Gasteiger partial charge in [0.05, 0.1) is 37.1 Å². The summed E-state index contributed by atoms with van der Waals surface area (Å²) in [6, 6.07) is 7.81. The molecule has 256 valence electrons. The van der Waals surface area contributed by atoms with Gasteiger partial charge in [0.15, 0.2) is 0 Å². The van der Waals surface area contributed by atoms with Crippen LogP contribution < -0.4 is 5.32 Å². The summed E-state index contributed by atoms with van der Waals surface area (Å²) in [5.41, 5.74) is -0.365. The minimum absolute atomic E-state index is 0.00465. The van der Waals surface area contributed by atoms with Crippen LogP contribution in [0.25, 0.3) is 0 Å². The number of hydrogen-bond acceptors (Lipinski definition) is 7. The maximum Gasteiger partial charge on any atom is 0.312 e. The fourth-order valence-corrected chi connectivity index (χ4v) is 9.09. The zero-order valence-corrected chi connectivity index (χ0v) is 28.8. The van der Waals surface area contributed by atoms with E-state index in [4.69, 9.17) is 9.47 Å². The van der Waals surface area contributed by atoms with Gasteiger partial charge in [-0.1, -0.05) is 77.7 Å². The van der Waals surface area contributed by atoms with E-state index in [1.54, 1.807) is 19.1 Å². The van der Waals surface area contributed by atoms with Crippen LogP contribution in [0.1, 0.15) is 63.9 Å². The average molecular weight is 715 g/mol. The lowest BCUT2D eigenvalue weighted by Gasteiger charge is -2.42.